The molecule has 0 spiro atoms. The zero-order valence-corrected chi connectivity index (χ0v) is 12.6. The second kappa shape index (κ2) is 6.18. The van der Waals surface area contributed by atoms with E-state index >= 15 is 0 Å². The minimum atomic E-state index is 0.0517. The van der Waals surface area contributed by atoms with Crippen LogP contribution < -0.4 is 14.8 Å². The Morgan fingerprint density at radius 2 is 1.74 bits per heavy atom. The van der Waals surface area contributed by atoms with Crippen molar-refractivity contribution in [2.45, 2.75) is 12.6 Å². The van der Waals surface area contributed by atoms with Gasteiger partial charge in [0, 0.05) is 0 Å². The molecule has 1 atom stereocenters. The van der Waals surface area contributed by atoms with Gasteiger partial charge in [0.1, 0.15) is 5.76 Å². The summed E-state index contributed by atoms with van der Waals surface area (Å²) in [6, 6.07) is 20.3. The average Bonchev–Trinajstić information content (AvgIpc) is 3.27. The topological polar surface area (TPSA) is 43.6 Å². The van der Waals surface area contributed by atoms with Gasteiger partial charge in [0.05, 0.1) is 18.8 Å². The Hall–Kier alpha value is -2.72. The van der Waals surface area contributed by atoms with E-state index in [-0.39, 0.29) is 12.8 Å². The minimum absolute atomic E-state index is 0.0517. The summed E-state index contributed by atoms with van der Waals surface area (Å²) in [5.74, 6) is 2.50. The third kappa shape index (κ3) is 2.94. The molecule has 1 aliphatic rings. The van der Waals surface area contributed by atoms with Crippen LogP contribution in [0.5, 0.6) is 11.5 Å². The van der Waals surface area contributed by atoms with E-state index in [9.17, 15) is 0 Å². The first-order valence-electron chi connectivity index (χ1n) is 7.60. The molecule has 0 aliphatic carbocycles. The molecule has 4 nitrogen and oxygen atoms in total. The maximum absolute atomic E-state index is 5.51. The van der Waals surface area contributed by atoms with Gasteiger partial charge in [-0.15, -0.1) is 0 Å². The van der Waals surface area contributed by atoms with Crippen molar-refractivity contribution in [1.29, 1.82) is 0 Å². The van der Waals surface area contributed by atoms with Crippen LogP contribution in [0.4, 0.5) is 0 Å². The molecule has 1 N–H and O–H groups in total. The molecule has 1 unspecified atom stereocenters. The number of benzene rings is 2. The lowest BCUT2D eigenvalue weighted by atomic mass is 9.98. The first-order chi connectivity index (χ1) is 11.4. The van der Waals surface area contributed by atoms with Crippen LogP contribution in [0.15, 0.2) is 71.3 Å². The van der Waals surface area contributed by atoms with Gasteiger partial charge in [0.25, 0.3) is 0 Å². The lowest BCUT2D eigenvalue weighted by Gasteiger charge is -2.19. The Labute approximate surface area is 134 Å². The molecule has 0 radical (unpaired) electrons. The third-order valence-electron chi connectivity index (χ3n) is 3.92. The van der Waals surface area contributed by atoms with Gasteiger partial charge in [-0.1, -0.05) is 36.4 Å². The van der Waals surface area contributed by atoms with Crippen LogP contribution in [-0.4, -0.2) is 6.79 Å². The first-order valence-corrected chi connectivity index (χ1v) is 7.60. The van der Waals surface area contributed by atoms with E-state index in [2.05, 4.69) is 23.5 Å². The molecule has 0 saturated carbocycles. The fraction of sp³-hybridized carbons (Fsp3) is 0.158. The van der Waals surface area contributed by atoms with Gasteiger partial charge in [-0.2, -0.15) is 0 Å². The van der Waals surface area contributed by atoms with E-state index in [0.29, 0.717) is 6.54 Å². The van der Waals surface area contributed by atoms with Crippen molar-refractivity contribution < 1.29 is 13.9 Å². The Morgan fingerprint density at radius 1 is 0.870 bits per heavy atom. The smallest absolute Gasteiger partial charge is 0.231 e. The summed E-state index contributed by atoms with van der Waals surface area (Å²) in [6.45, 7) is 0.940. The van der Waals surface area contributed by atoms with Crippen molar-refractivity contribution >= 4 is 0 Å². The molecule has 23 heavy (non-hydrogen) atoms. The molecule has 1 aliphatic heterocycles. The van der Waals surface area contributed by atoms with Crippen LogP contribution in [0, 0.1) is 0 Å². The highest BCUT2D eigenvalue weighted by molar-refractivity contribution is 5.47. The molecule has 0 bridgehead atoms. The molecule has 4 rings (SSSR count). The van der Waals surface area contributed by atoms with Gasteiger partial charge < -0.3 is 13.9 Å². The highest BCUT2D eigenvalue weighted by Crippen LogP contribution is 2.35. The molecular formula is C19H17NO3. The maximum Gasteiger partial charge on any atom is 0.231 e. The second-order valence-corrected chi connectivity index (χ2v) is 5.42. The predicted octanol–water partition coefficient (Wildman–Crippen LogP) is 3.89. The number of rotatable bonds is 5. The number of nitrogens with one attached hydrogen (secondary N) is 1. The largest absolute Gasteiger partial charge is 0.468 e. The lowest BCUT2D eigenvalue weighted by Crippen LogP contribution is -2.21. The monoisotopic (exact) mass is 307 g/mol. The highest BCUT2D eigenvalue weighted by atomic mass is 16.7. The number of fused-ring (bicyclic) bond motifs is 1. The molecule has 3 aromatic rings. The van der Waals surface area contributed by atoms with Crippen LogP contribution in [0.1, 0.15) is 22.9 Å². The van der Waals surface area contributed by atoms with Crippen LogP contribution >= 0.6 is 0 Å². The SMILES string of the molecule is c1ccc(C(NCc2ccco2)c2ccc3c(c2)OCO3)cc1. The van der Waals surface area contributed by atoms with Gasteiger partial charge in [-0.05, 0) is 35.4 Å². The number of furan rings is 1. The van der Waals surface area contributed by atoms with E-state index in [1.165, 1.54) is 5.56 Å². The van der Waals surface area contributed by atoms with E-state index in [1.807, 2.05) is 42.5 Å². The van der Waals surface area contributed by atoms with Crippen molar-refractivity contribution in [1.82, 2.24) is 5.32 Å². The van der Waals surface area contributed by atoms with Gasteiger partial charge in [-0.3, -0.25) is 5.32 Å². The van der Waals surface area contributed by atoms with Gasteiger partial charge >= 0.3 is 0 Å². The second-order valence-electron chi connectivity index (χ2n) is 5.42. The summed E-state index contributed by atoms with van der Waals surface area (Å²) >= 11 is 0. The standard InChI is InChI=1S/C19H17NO3/c1-2-5-14(6-3-1)19(20-12-16-7-4-10-21-16)15-8-9-17-18(11-15)23-13-22-17/h1-11,19-20H,12-13H2. The molecule has 4 heteroatoms. The van der Waals surface area contributed by atoms with Crippen molar-refractivity contribution in [3.63, 3.8) is 0 Å². The highest BCUT2D eigenvalue weighted by Gasteiger charge is 2.19. The van der Waals surface area contributed by atoms with Crippen molar-refractivity contribution in [2.75, 3.05) is 6.79 Å². The number of hydrogen-bond donors (Lipinski definition) is 1. The fourth-order valence-corrected chi connectivity index (χ4v) is 2.78. The molecule has 1 aromatic heterocycles. The molecule has 2 heterocycles. The van der Waals surface area contributed by atoms with Gasteiger partial charge in [-0.25, -0.2) is 0 Å². The van der Waals surface area contributed by atoms with Crippen LogP contribution in [0.25, 0.3) is 0 Å². The zero-order chi connectivity index (χ0) is 15.5. The molecule has 0 amide bonds. The van der Waals surface area contributed by atoms with Crippen molar-refractivity contribution in [3.8, 4) is 11.5 Å². The quantitative estimate of drug-likeness (QED) is 0.776. The van der Waals surface area contributed by atoms with Crippen molar-refractivity contribution in [2.24, 2.45) is 0 Å². The lowest BCUT2D eigenvalue weighted by molar-refractivity contribution is 0.174. The number of ether oxygens (including phenoxy) is 2. The van der Waals surface area contributed by atoms with Gasteiger partial charge in [0.2, 0.25) is 6.79 Å². The van der Waals surface area contributed by atoms with Crippen LogP contribution in [0.2, 0.25) is 0 Å². The summed E-state index contributed by atoms with van der Waals surface area (Å²) in [7, 11) is 0. The minimum Gasteiger partial charge on any atom is -0.468 e. The number of hydrogen-bond acceptors (Lipinski definition) is 4. The summed E-state index contributed by atoms with van der Waals surface area (Å²) in [6.07, 6.45) is 1.69. The summed E-state index contributed by atoms with van der Waals surface area (Å²) in [4.78, 5) is 0. The molecule has 116 valence electrons. The van der Waals surface area contributed by atoms with E-state index in [0.717, 1.165) is 22.8 Å². The Bertz CT molecular complexity index is 769. The summed E-state index contributed by atoms with van der Waals surface area (Å²) in [5.41, 5.74) is 2.32. The molecule has 0 saturated heterocycles. The third-order valence-corrected chi connectivity index (χ3v) is 3.92. The van der Waals surface area contributed by atoms with E-state index in [4.69, 9.17) is 13.9 Å². The molecule has 2 aromatic carbocycles. The van der Waals surface area contributed by atoms with Gasteiger partial charge in [0.15, 0.2) is 11.5 Å². The normalized spacial score (nSPS) is 13.9. The average molecular weight is 307 g/mol. The van der Waals surface area contributed by atoms with E-state index in [1.54, 1.807) is 6.26 Å². The first kappa shape index (κ1) is 13.9. The Balaban J connectivity index is 1.64. The van der Waals surface area contributed by atoms with Crippen molar-refractivity contribution in [3.05, 3.63) is 83.8 Å². The summed E-state index contributed by atoms with van der Waals surface area (Å²) in [5, 5.41) is 3.56. The Kier molecular flexibility index (Phi) is 3.74. The predicted molar refractivity (Wildman–Crippen MR) is 86.4 cm³/mol. The van der Waals surface area contributed by atoms with Crippen LogP contribution in [0.3, 0.4) is 0 Å². The maximum atomic E-state index is 5.51. The fourth-order valence-electron chi connectivity index (χ4n) is 2.78. The molecule has 0 fully saturated rings. The van der Waals surface area contributed by atoms with Crippen LogP contribution in [-0.2, 0) is 6.54 Å². The zero-order valence-electron chi connectivity index (χ0n) is 12.6. The van der Waals surface area contributed by atoms with E-state index < -0.39 is 0 Å². The Morgan fingerprint density at radius 3 is 2.57 bits per heavy atom. The summed E-state index contributed by atoms with van der Waals surface area (Å²) < 4.78 is 16.3. The molecular weight excluding hydrogens is 290 g/mol.